The van der Waals surface area contributed by atoms with Crippen molar-refractivity contribution in [3.8, 4) is 0 Å². The summed E-state index contributed by atoms with van der Waals surface area (Å²) in [6.45, 7) is 3.14. The van der Waals surface area contributed by atoms with Crippen molar-refractivity contribution in [2.45, 2.75) is 37.2 Å². The van der Waals surface area contributed by atoms with Crippen LogP contribution in [0.1, 0.15) is 35.7 Å². The van der Waals surface area contributed by atoms with E-state index in [1.54, 1.807) is 48.5 Å². The summed E-state index contributed by atoms with van der Waals surface area (Å²) in [5.74, 6) is -0.329. The number of carbonyl (C=O) groups is 1. The normalized spacial score (nSPS) is 16.9. The van der Waals surface area contributed by atoms with Crippen LogP contribution >= 0.6 is 0 Å². The quantitative estimate of drug-likeness (QED) is 0.764. The fraction of sp³-hybridized carbons (Fsp3) is 0.350. The summed E-state index contributed by atoms with van der Waals surface area (Å²) in [7, 11) is -3.78. The van der Waals surface area contributed by atoms with Crippen LogP contribution in [0.3, 0.4) is 0 Å². The number of hydrogen-bond acceptors (Lipinski definition) is 4. The molecule has 6 nitrogen and oxygen atoms in total. The van der Waals surface area contributed by atoms with Gasteiger partial charge < -0.3 is 10.1 Å². The minimum atomic E-state index is -3.78. The summed E-state index contributed by atoms with van der Waals surface area (Å²) in [6, 6.07) is 13.3. The second-order valence-corrected chi connectivity index (χ2v) is 8.18. The first-order valence-corrected chi connectivity index (χ1v) is 10.6. The van der Waals surface area contributed by atoms with E-state index in [0.29, 0.717) is 13.2 Å². The van der Waals surface area contributed by atoms with Crippen LogP contribution in [0.25, 0.3) is 0 Å². The highest BCUT2D eigenvalue weighted by Gasteiger charge is 2.20. The molecule has 1 fully saturated rings. The number of para-hydroxylation sites is 1. The average Bonchev–Trinajstić information content (AvgIpc) is 3.20. The van der Waals surface area contributed by atoms with E-state index < -0.39 is 10.0 Å². The van der Waals surface area contributed by atoms with Crippen molar-refractivity contribution in [3.63, 3.8) is 0 Å². The number of nitrogens with one attached hydrogen (secondary N) is 2. The van der Waals surface area contributed by atoms with E-state index in [0.717, 1.165) is 24.8 Å². The molecule has 0 unspecified atom stereocenters. The summed E-state index contributed by atoms with van der Waals surface area (Å²) in [4.78, 5) is 12.7. The fourth-order valence-corrected chi connectivity index (χ4v) is 4.06. The van der Waals surface area contributed by atoms with Crippen LogP contribution in [0.15, 0.2) is 53.4 Å². The summed E-state index contributed by atoms with van der Waals surface area (Å²) in [5, 5.41) is 2.82. The van der Waals surface area contributed by atoms with E-state index in [4.69, 9.17) is 4.74 Å². The van der Waals surface area contributed by atoms with Crippen LogP contribution in [0, 0.1) is 0 Å². The minimum Gasteiger partial charge on any atom is -0.376 e. The summed E-state index contributed by atoms with van der Waals surface area (Å²) in [5.41, 5.74) is 1.59. The monoisotopic (exact) mass is 388 g/mol. The Balaban J connectivity index is 1.75. The largest absolute Gasteiger partial charge is 0.376 e. The van der Waals surface area contributed by atoms with Gasteiger partial charge in [-0.05, 0) is 49.1 Å². The van der Waals surface area contributed by atoms with E-state index in [-0.39, 0.29) is 28.2 Å². The van der Waals surface area contributed by atoms with Crippen LogP contribution < -0.4 is 10.0 Å². The van der Waals surface area contributed by atoms with Gasteiger partial charge in [0.25, 0.3) is 15.9 Å². The summed E-state index contributed by atoms with van der Waals surface area (Å²) in [6.07, 6.45) is 2.77. The molecule has 2 aromatic carbocycles. The van der Waals surface area contributed by atoms with Crippen LogP contribution in [-0.2, 0) is 21.2 Å². The zero-order valence-corrected chi connectivity index (χ0v) is 16.1. The number of rotatable bonds is 7. The van der Waals surface area contributed by atoms with Gasteiger partial charge in [0.15, 0.2) is 0 Å². The predicted octanol–water partition coefficient (Wildman–Crippen LogP) is 2.96. The van der Waals surface area contributed by atoms with Crippen LogP contribution in [0.2, 0.25) is 0 Å². The molecule has 0 aliphatic carbocycles. The Labute approximate surface area is 160 Å². The van der Waals surface area contributed by atoms with Crippen molar-refractivity contribution in [3.05, 3.63) is 59.7 Å². The molecule has 3 rings (SSSR count). The highest BCUT2D eigenvalue weighted by Crippen LogP contribution is 2.21. The van der Waals surface area contributed by atoms with Gasteiger partial charge in [0.1, 0.15) is 0 Å². The zero-order chi connectivity index (χ0) is 19.3. The second kappa shape index (κ2) is 8.54. The lowest BCUT2D eigenvalue weighted by Crippen LogP contribution is -2.32. The molecule has 144 valence electrons. The zero-order valence-electron chi connectivity index (χ0n) is 15.3. The van der Waals surface area contributed by atoms with Gasteiger partial charge in [-0.15, -0.1) is 0 Å². The first-order chi connectivity index (χ1) is 13.0. The van der Waals surface area contributed by atoms with E-state index in [9.17, 15) is 13.2 Å². The lowest BCUT2D eigenvalue weighted by Gasteiger charge is -2.14. The first-order valence-electron chi connectivity index (χ1n) is 9.10. The van der Waals surface area contributed by atoms with E-state index in [2.05, 4.69) is 10.0 Å². The third-order valence-corrected chi connectivity index (χ3v) is 5.95. The molecule has 1 heterocycles. The van der Waals surface area contributed by atoms with Crippen LogP contribution in [0.4, 0.5) is 5.69 Å². The second-order valence-electron chi connectivity index (χ2n) is 6.49. The number of anilines is 1. The Kier molecular flexibility index (Phi) is 6.13. The first kappa shape index (κ1) is 19.4. The molecule has 1 saturated heterocycles. The van der Waals surface area contributed by atoms with Crippen molar-refractivity contribution in [2.24, 2.45) is 0 Å². The number of aryl methyl sites for hydroxylation is 1. The molecule has 27 heavy (non-hydrogen) atoms. The maximum absolute atomic E-state index is 12.7. The van der Waals surface area contributed by atoms with Gasteiger partial charge in [-0.25, -0.2) is 8.42 Å². The Morgan fingerprint density at radius 1 is 1.15 bits per heavy atom. The summed E-state index contributed by atoms with van der Waals surface area (Å²) < 4.78 is 33.4. The smallest absolute Gasteiger partial charge is 0.261 e. The maximum atomic E-state index is 12.7. The van der Waals surface area contributed by atoms with Gasteiger partial charge in [0.05, 0.1) is 22.3 Å². The van der Waals surface area contributed by atoms with Crippen LogP contribution in [0.5, 0.6) is 0 Å². The standard InChI is InChI=1S/C20H24N2O4S/c1-2-15-9-11-17(12-10-15)27(24,25)22-19-8-4-3-7-18(19)20(23)21-14-16-6-5-13-26-16/h3-4,7-12,16,22H,2,5-6,13-14H2,1H3,(H,21,23)/t16-/m1/s1. The van der Waals surface area contributed by atoms with Crippen molar-refractivity contribution < 1.29 is 17.9 Å². The van der Waals surface area contributed by atoms with Crippen molar-refractivity contribution in [1.82, 2.24) is 5.32 Å². The molecule has 0 saturated carbocycles. The molecule has 2 aromatic rings. The molecule has 0 radical (unpaired) electrons. The lowest BCUT2D eigenvalue weighted by molar-refractivity contribution is 0.0858. The number of amides is 1. The highest BCUT2D eigenvalue weighted by atomic mass is 32.2. The lowest BCUT2D eigenvalue weighted by atomic mass is 10.1. The van der Waals surface area contributed by atoms with Crippen molar-refractivity contribution in [2.75, 3.05) is 17.9 Å². The number of benzene rings is 2. The molecular formula is C20H24N2O4S. The molecule has 2 N–H and O–H groups in total. The van der Waals surface area contributed by atoms with Crippen molar-refractivity contribution in [1.29, 1.82) is 0 Å². The van der Waals surface area contributed by atoms with Gasteiger partial charge >= 0.3 is 0 Å². The van der Waals surface area contributed by atoms with E-state index >= 15 is 0 Å². The van der Waals surface area contributed by atoms with E-state index in [1.165, 1.54) is 0 Å². The molecule has 1 amide bonds. The third kappa shape index (κ3) is 4.87. The van der Waals surface area contributed by atoms with Gasteiger partial charge in [0, 0.05) is 13.2 Å². The molecule has 1 atom stereocenters. The van der Waals surface area contributed by atoms with Gasteiger partial charge in [0.2, 0.25) is 0 Å². The highest BCUT2D eigenvalue weighted by molar-refractivity contribution is 7.92. The third-order valence-electron chi connectivity index (χ3n) is 4.57. The fourth-order valence-electron chi connectivity index (χ4n) is 2.99. The Bertz CT molecular complexity index is 888. The number of hydrogen-bond donors (Lipinski definition) is 2. The molecular weight excluding hydrogens is 364 g/mol. The maximum Gasteiger partial charge on any atom is 0.261 e. The Hall–Kier alpha value is -2.38. The average molecular weight is 388 g/mol. The number of ether oxygens (including phenoxy) is 1. The van der Waals surface area contributed by atoms with E-state index in [1.807, 2.05) is 6.92 Å². The van der Waals surface area contributed by atoms with Gasteiger partial charge in [-0.3, -0.25) is 9.52 Å². The Morgan fingerprint density at radius 2 is 1.89 bits per heavy atom. The SMILES string of the molecule is CCc1ccc(S(=O)(=O)Nc2ccccc2C(=O)NC[C@H]2CCCO2)cc1. The Morgan fingerprint density at radius 3 is 2.56 bits per heavy atom. The van der Waals surface area contributed by atoms with Crippen molar-refractivity contribution >= 4 is 21.6 Å². The predicted molar refractivity (Wildman–Crippen MR) is 104 cm³/mol. The minimum absolute atomic E-state index is 0.0230. The number of sulfonamides is 1. The molecule has 1 aliphatic heterocycles. The molecule has 0 spiro atoms. The van der Waals surface area contributed by atoms with Crippen LogP contribution in [-0.4, -0.2) is 33.6 Å². The van der Waals surface area contributed by atoms with Gasteiger partial charge in [-0.1, -0.05) is 31.2 Å². The summed E-state index contributed by atoms with van der Waals surface area (Å²) >= 11 is 0. The topological polar surface area (TPSA) is 84.5 Å². The van der Waals surface area contributed by atoms with Gasteiger partial charge in [-0.2, -0.15) is 0 Å². The number of carbonyl (C=O) groups excluding carboxylic acids is 1. The molecule has 0 aromatic heterocycles. The molecule has 1 aliphatic rings. The molecule has 7 heteroatoms. The molecule has 0 bridgehead atoms.